The van der Waals surface area contributed by atoms with Gasteiger partial charge in [0.25, 0.3) is 0 Å². The van der Waals surface area contributed by atoms with Gasteiger partial charge in [0.1, 0.15) is 11.9 Å². The van der Waals surface area contributed by atoms with Gasteiger partial charge >= 0.3 is 0 Å². The molecule has 5 nitrogen and oxygen atoms in total. The number of halogens is 1. The molecular weight excluding hydrogens is 371 g/mol. The van der Waals surface area contributed by atoms with E-state index >= 15 is 0 Å². The topological polar surface area (TPSA) is 58.6 Å². The lowest BCUT2D eigenvalue weighted by molar-refractivity contribution is -0.140. The number of amides is 2. The largest absolute Gasteiger partial charge is 0.376 e. The zero-order valence-corrected chi connectivity index (χ0v) is 16.6. The number of carbonyl (C=O) groups is 2. The molecule has 2 amide bonds. The number of ether oxygens (including phenoxy) is 1. The van der Waals surface area contributed by atoms with Crippen LogP contribution in [0.2, 0.25) is 0 Å². The fraction of sp³-hybridized carbons (Fsp3) is 0.391. The van der Waals surface area contributed by atoms with Gasteiger partial charge in [-0.2, -0.15) is 0 Å². The Morgan fingerprint density at radius 1 is 1.14 bits per heavy atom. The summed E-state index contributed by atoms with van der Waals surface area (Å²) in [5, 5.41) is 2.90. The van der Waals surface area contributed by atoms with Crippen molar-refractivity contribution < 1.29 is 18.7 Å². The molecule has 2 aromatic rings. The Kier molecular flexibility index (Phi) is 7.36. The van der Waals surface area contributed by atoms with E-state index in [1.54, 1.807) is 24.0 Å². The molecule has 1 N–H and O–H groups in total. The first-order valence-corrected chi connectivity index (χ1v) is 10.00. The number of benzene rings is 2. The van der Waals surface area contributed by atoms with E-state index in [2.05, 4.69) is 5.32 Å². The molecule has 2 aromatic carbocycles. The van der Waals surface area contributed by atoms with Crippen LogP contribution in [0.1, 0.15) is 30.9 Å². The molecule has 1 saturated heterocycles. The second-order valence-corrected chi connectivity index (χ2v) is 7.37. The zero-order valence-electron chi connectivity index (χ0n) is 16.6. The van der Waals surface area contributed by atoms with Crippen LogP contribution in [0.15, 0.2) is 54.6 Å². The highest BCUT2D eigenvalue weighted by Gasteiger charge is 2.27. The van der Waals surface area contributed by atoms with E-state index in [0.29, 0.717) is 6.54 Å². The molecule has 3 rings (SSSR count). The molecule has 29 heavy (non-hydrogen) atoms. The van der Waals surface area contributed by atoms with Crippen LogP contribution in [0, 0.1) is 5.82 Å². The standard InChI is InChI=1S/C23H27FN2O3/c1-17(23(28)25-15-21-8-5-13-29-21)26(16-19-9-11-20(24)12-10-19)22(27)14-18-6-3-2-4-7-18/h2-4,6-7,9-12,17,21H,5,8,13-16H2,1H3,(H,25,28)/t17-,21-/m0/s1. The highest BCUT2D eigenvalue weighted by atomic mass is 19.1. The molecule has 1 aliphatic rings. The Hall–Kier alpha value is -2.73. The number of carbonyl (C=O) groups excluding carboxylic acids is 2. The highest BCUT2D eigenvalue weighted by molar-refractivity contribution is 5.88. The Balaban J connectivity index is 1.70. The molecule has 0 bridgehead atoms. The summed E-state index contributed by atoms with van der Waals surface area (Å²) in [5.74, 6) is -0.706. The smallest absolute Gasteiger partial charge is 0.242 e. The quantitative estimate of drug-likeness (QED) is 0.744. The lowest BCUT2D eigenvalue weighted by atomic mass is 10.1. The molecule has 2 atom stereocenters. The molecule has 1 aliphatic heterocycles. The van der Waals surface area contributed by atoms with Gasteiger partial charge in [0.05, 0.1) is 12.5 Å². The third-order valence-corrected chi connectivity index (χ3v) is 5.16. The fourth-order valence-electron chi connectivity index (χ4n) is 3.41. The van der Waals surface area contributed by atoms with Gasteiger partial charge in [-0.25, -0.2) is 4.39 Å². The Labute approximate surface area is 170 Å². The summed E-state index contributed by atoms with van der Waals surface area (Å²) in [5.41, 5.74) is 1.65. The number of rotatable bonds is 8. The lowest BCUT2D eigenvalue weighted by Gasteiger charge is -2.29. The fourth-order valence-corrected chi connectivity index (χ4v) is 3.41. The molecule has 154 valence electrons. The maximum absolute atomic E-state index is 13.2. The molecule has 0 saturated carbocycles. The van der Waals surface area contributed by atoms with E-state index < -0.39 is 6.04 Å². The van der Waals surface area contributed by atoms with Gasteiger partial charge in [-0.3, -0.25) is 9.59 Å². The predicted octanol–water partition coefficient (Wildman–Crippen LogP) is 3.08. The maximum Gasteiger partial charge on any atom is 0.242 e. The first-order valence-electron chi connectivity index (χ1n) is 10.00. The van der Waals surface area contributed by atoms with Crippen LogP contribution in [0.4, 0.5) is 4.39 Å². The van der Waals surface area contributed by atoms with E-state index in [0.717, 1.165) is 30.6 Å². The predicted molar refractivity (Wildman–Crippen MR) is 109 cm³/mol. The molecular formula is C23H27FN2O3. The van der Waals surface area contributed by atoms with Gasteiger partial charge in [-0.15, -0.1) is 0 Å². The van der Waals surface area contributed by atoms with Crippen LogP contribution in [0.5, 0.6) is 0 Å². The number of nitrogens with zero attached hydrogens (tertiary/aromatic N) is 1. The first-order chi connectivity index (χ1) is 14.0. The average Bonchev–Trinajstić information content (AvgIpc) is 3.25. The molecule has 6 heteroatoms. The third-order valence-electron chi connectivity index (χ3n) is 5.16. The summed E-state index contributed by atoms with van der Waals surface area (Å²) >= 11 is 0. The van der Waals surface area contributed by atoms with Crippen LogP contribution in [0.3, 0.4) is 0 Å². The van der Waals surface area contributed by atoms with Crippen molar-refractivity contribution >= 4 is 11.8 Å². The van der Waals surface area contributed by atoms with Crippen molar-refractivity contribution in [2.24, 2.45) is 0 Å². The summed E-state index contributed by atoms with van der Waals surface area (Å²) < 4.78 is 18.8. The van der Waals surface area contributed by atoms with Gasteiger partial charge in [0.2, 0.25) is 11.8 Å². The lowest BCUT2D eigenvalue weighted by Crippen LogP contribution is -2.49. The molecule has 0 radical (unpaired) electrons. The Morgan fingerprint density at radius 3 is 2.52 bits per heavy atom. The minimum atomic E-state index is -0.655. The van der Waals surface area contributed by atoms with E-state index in [-0.39, 0.29) is 36.7 Å². The van der Waals surface area contributed by atoms with Crippen molar-refractivity contribution in [1.82, 2.24) is 10.2 Å². The second-order valence-electron chi connectivity index (χ2n) is 7.37. The highest BCUT2D eigenvalue weighted by Crippen LogP contribution is 2.14. The maximum atomic E-state index is 13.2. The van der Waals surface area contributed by atoms with Gasteiger partial charge in [0.15, 0.2) is 0 Å². The minimum Gasteiger partial charge on any atom is -0.376 e. The van der Waals surface area contributed by atoms with Crippen LogP contribution in [-0.2, 0) is 27.3 Å². The van der Waals surface area contributed by atoms with Crippen LogP contribution in [-0.4, -0.2) is 42.0 Å². The van der Waals surface area contributed by atoms with Gasteiger partial charge in [-0.05, 0) is 43.0 Å². The number of hydrogen-bond donors (Lipinski definition) is 1. The van der Waals surface area contributed by atoms with Gasteiger partial charge in [-0.1, -0.05) is 42.5 Å². The van der Waals surface area contributed by atoms with Crippen molar-refractivity contribution in [3.63, 3.8) is 0 Å². The monoisotopic (exact) mass is 398 g/mol. The zero-order chi connectivity index (χ0) is 20.6. The molecule has 1 fully saturated rings. The second kappa shape index (κ2) is 10.2. The summed E-state index contributed by atoms with van der Waals surface area (Å²) in [6.07, 6.45) is 2.17. The molecule has 0 unspecified atom stereocenters. The van der Waals surface area contributed by atoms with E-state index in [9.17, 15) is 14.0 Å². The molecule has 0 aliphatic carbocycles. The molecule has 0 aromatic heterocycles. The summed E-state index contributed by atoms with van der Waals surface area (Å²) in [4.78, 5) is 27.3. The van der Waals surface area contributed by atoms with E-state index in [1.165, 1.54) is 12.1 Å². The Bertz CT molecular complexity index is 805. The van der Waals surface area contributed by atoms with Crippen LogP contribution < -0.4 is 5.32 Å². The van der Waals surface area contributed by atoms with Crippen molar-refractivity contribution in [1.29, 1.82) is 0 Å². The molecule has 0 spiro atoms. The van der Waals surface area contributed by atoms with E-state index in [4.69, 9.17) is 4.74 Å². The van der Waals surface area contributed by atoms with Crippen LogP contribution in [0.25, 0.3) is 0 Å². The minimum absolute atomic E-state index is 0.0386. The van der Waals surface area contributed by atoms with Gasteiger partial charge < -0.3 is 15.0 Å². The summed E-state index contributed by atoms with van der Waals surface area (Å²) in [6, 6.07) is 14.8. The Morgan fingerprint density at radius 2 is 1.86 bits per heavy atom. The number of nitrogens with one attached hydrogen (secondary N) is 1. The van der Waals surface area contributed by atoms with Crippen molar-refractivity contribution in [3.8, 4) is 0 Å². The van der Waals surface area contributed by atoms with Crippen molar-refractivity contribution in [2.75, 3.05) is 13.2 Å². The van der Waals surface area contributed by atoms with Crippen molar-refractivity contribution in [3.05, 3.63) is 71.5 Å². The van der Waals surface area contributed by atoms with Crippen molar-refractivity contribution in [2.45, 2.75) is 44.9 Å². The third kappa shape index (κ3) is 6.12. The first kappa shape index (κ1) is 21.0. The summed E-state index contributed by atoms with van der Waals surface area (Å²) in [6.45, 7) is 3.13. The van der Waals surface area contributed by atoms with E-state index in [1.807, 2.05) is 30.3 Å². The van der Waals surface area contributed by atoms with Gasteiger partial charge in [0, 0.05) is 19.7 Å². The van der Waals surface area contributed by atoms with Crippen LogP contribution >= 0.6 is 0 Å². The summed E-state index contributed by atoms with van der Waals surface area (Å²) in [7, 11) is 0. The number of hydrogen-bond acceptors (Lipinski definition) is 3. The SMILES string of the molecule is C[C@@H](C(=O)NC[C@@H]1CCCO1)N(Cc1ccc(F)cc1)C(=O)Cc1ccccc1. The normalized spacial score (nSPS) is 17.0. The molecule has 1 heterocycles. The average molecular weight is 398 g/mol.